The van der Waals surface area contributed by atoms with E-state index in [2.05, 4.69) is 42.4 Å². The molecule has 0 N–H and O–H groups in total. The summed E-state index contributed by atoms with van der Waals surface area (Å²) in [5, 5.41) is 3.40. The number of aryl methyl sites for hydroxylation is 1. The maximum atomic E-state index is 14.4. The number of halogens is 1. The third-order valence-corrected chi connectivity index (χ3v) is 7.60. The summed E-state index contributed by atoms with van der Waals surface area (Å²) in [6.07, 6.45) is 0. The largest absolute Gasteiger partial charge is 0.220 e. The fourth-order valence-electron chi connectivity index (χ4n) is 3.57. The van der Waals surface area contributed by atoms with Gasteiger partial charge in [-0.2, -0.15) is 4.57 Å². The van der Waals surface area contributed by atoms with Crippen molar-refractivity contribution in [2.75, 3.05) is 0 Å². The summed E-state index contributed by atoms with van der Waals surface area (Å²) in [6.45, 7) is 14.6. The van der Waals surface area contributed by atoms with Crippen LogP contribution in [0.4, 0.5) is 4.39 Å². The molecule has 3 rings (SSSR count). The van der Waals surface area contributed by atoms with E-state index in [-0.39, 0.29) is 5.82 Å². The maximum Gasteiger partial charge on any atom is 0.220 e. The molecule has 0 aliphatic heterocycles. The van der Waals surface area contributed by atoms with E-state index in [1.54, 1.807) is 0 Å². The molecule has 0 amide bonds. The van der Waals surface area contributed by atoms with Crippen molar-refractivity contribution in [2.24, 2.45) is 7.05 Å². The molecule has 0 fully saturated rings. The second-order valence-corrected chi connectivity index (χ2v) is 13.5. The van der Waals surface area contributed by atoms with Gasteiger partial charge in [0, 0.05) is 13.0 Å². The van der Waals surface area contributed by atoms with Crippen molar-refractivity contribution in [1.82, 2.24) is 0 Å². The van der Waals surface area contributed by atoms with Crippen LogP contribution in [0.15, 0.2) is 30.3 Å². The van der Waals surface area contributed by atoms with Gasteiger partial charge in [0.05, 0.1) is 20.4 Å². The van der Waals surface area contributed by atoms with Crippen LogP contribution < -0.4 is 9.75 Å². The quantitative estimate of drug-likeness (QED) is 0.430. The SMILES string of the molecule is [2H]c1c(C)[n+](C)c(-c2cc(C)c(F)c(C)c2C)c2ccc([Si](C)(C)C)cc12. The smallest absolute Gasteiger partial charge is 0.206 e. The molecular formula is C23H29FNSi+. The van der Waals surface area contributed by atoms with Gasteiger partial charge < -0.3 is 0 Å². The van der Waals surface area contributed by atoms with Gasteiger partial charge in [0.15, 0.2) is 5.69 Å². The zero-order valence-corrected chi connectivity index (χ0v) is 18.1. The molecule has 3 heteroatoms. The molecule has 0 aliphatic carbocycles. The van der Waals surface area contributed by atoms with Gasteiger partial charge in [-0.15, -0.1) is 0 Å². The minimum atomic E-state index is -1.48. The number of hydrogen-bond acceptors (Lipinski definition) is 0. The molecule has 1 heterocycles. The summed E-state index contributed by atoms with van der Waals surface area (Å²) in [5.41, 5.74) is 5.34. The standard InChI is InChI=1S/C23H29FNSi/c1-14-11-21(16(3)17(4)22(14)24)23-20-10-9-19(26(6,7)8)13-18(20)12-15(2)25(23)5/h9-13H,1-8H3/q+1/i12D. The zero-order chi connectivity index (χ0) is 20.3. The Bertz CT molecular complexity index is 1080. The van der Waals surface area contributed by atoms with Crippen molar-refractivity contribution in [3.8, 4) is 11.3 Å². The number of benzene rings is 2. The fraction of sp³-hybridized carbons (Fsp3) is 0.348. The lowest BCUT2D eigenvalue weighted by molar-refractivity contribution is -0.665. The highest BCUT2D eigenvalue weighted by Gasteiger charge is 2.24. The average Bonchev–Trinajstić information content (AvgIpc) is 2.61. The Morgan fingerprint density at radius 1 is 1.00 bits per heavy atom. The van der Waals surface area contributed by atoms with Crippen LogP contribution in [0.5, 0.6) is 0 Å². The van der Waals surface area contributed by atoms with Crippen LogP contribution in [0.2, 0.25) is 19.6 Å². The van der Waals surface area contributed by atoms with Gasteiger partial charge in [-0.05, 0) is 55.0 Å². The summed E-state index contributed by atoms with van der Waals surface area (Å²) in [4.78, 5) is 0. The second-order valence-electron chi connectivity index (χ2n) is 8.43. The Hall–Kier alpha value is -2.00. The van der Waals surface area contributed by atoms with Crippen molar-refractivity contribution in [1.29, 1.82) is 0 Å². The first-order valence-corrected chi connectivity index (χ1v) is 12.6. The first-order chi connectivity index (χ1) is 12.4. The van der Waals surface area contributed by atoms with Crippen LogP contribution in [-0.4, -0.2) is 8.07 Å². The fourth-order valence-corrected chi connectivity index (χ4v) is 4.73. The van der Waals surface area contributed by atoms with Gasteiger partial charge in [-0.1, -0.05) is 37.0 Å². The number of fused-ring (bicyclic) bond motifs is 1. The van der Waals surface area contributed by atoms with Crippen LogP contribution in [0, 0.1) is 33.5 Å². The molecule has 0 radical (unpaired) electrons. The van der Waals surface area contributed by atoms with E-state index < -0.39 is 8.07 Å². The van der Waals surface area contributed by atoms with Crippen molar-refractivity contribution in [2.45, 2.75) is 47.3 Å². The van der Waals surface area contributed by atoms with E-state index in [1.165, 1.54) is 5.19 Å². The molecule has 0 saturated heterocycles. The highest BCUT2D eigenvalue weighted by atomic mass is 28.3. The minimum absolute atomic E-state index is 0.127. The summed E-state index contributed by atoms with van der Waals surface area (Å²) in [5.74, 6) is -0.127. The van der Waals surface area contributed by atoms with Gasteiger partial charge in [0.2, 0.25) is 5.69 Å². The summed E-state index contributed by atoms with van der Waals surface area (Å²) in [6, 6.07) is 9.10. The predicted octanol–water partition coefficient (Wildman–Crippen LogP) is 5.25. The monoisotopic (exact) mass is 367 g/mol. The summed E-state index contributed by atoms with van der Waals surface area (Å²) < 4.78 is 25.2. The summed E-state index contributed by atoms with van der Waals surface area (Å²) >= 11 is 0. The Kier molecular flexibility index (Phi) is 4.23. The molecule has 2 aromatic carbocycles. The third-order valence-electron chi connectivity index (χ3n) is 5.55. The first-order valence-electron chi connectivity index (χ1n) is 9.65. The van der Waals surface area contributed by atoms with Crippen molar-refractivity contribution >= 4 is 24.0 Å². The molecule has 136 valence electrons. The third kappa shape index (κ3) is 2.99. The Balaban J connectivity index is 2.48. The Morgan fingerprint density at radius 2 is 1.65 bits per heavy atom. The molecule has 1 nitrogen and oxygen atoms in total. The molecule has 3 aromatic rings. The predicted molar refractivity (Wildman–Crippen MR) is 112 cm³/mol. The summed E-state index contributed by atoms with van der Waals surface area (Å²) in [7, 11) is 0.525. The number of pyridine rings is 1. The average molecular weight is 368 g/mol. The topological polar surface area (TPSA) is 3.88 Å². The first kappa shape index (κ1) is 17.4. The zero-order valence-electron chi connectivity index (χ0n) is 18.1. The van der Waals surface area contributed by atoms with Gasteiger partial charge >= 0.3 is 0 Å². The number of nitrogens with zero attached hydrogens (tertiary/aromatic N) is 1. The Morgan fingerprint density at radius 3 is 2.27 bits per heavy atom. The van der Waals surface area contributed by atoms with E-state index in [9.17, 15) is 4.39 Å². The van der Waals surface area contributed by atoms with Crippen LogP contribution in [0.3, 0.4) is 0 Å². The van der Waals surface area contributed by atoms with E-state index in [0.717, 1.165) is 33.3 Å². The van der Waals surface area contributed by atoms with Crippen molar-refractivity contribution < 1.29 is 10.3 Å². The lowest BCUT2D eigenvalue weighted by Gasteiger charge is -2.18. The van der Waals surface area contributed by atoms with Crippen molar-refractivity contribution in [3.05, 3.63) is 58.5 Å². The van der Waals surface area contributed by atoms with Crippen LogP contribution >= 0.6 is 0 Å². The molecule has 0 spiro atoms. The van der Waals surface area contributed by atoms with Crippen molar-refractivity contribution in [3.63, 3.8) is 0 Å². The van der Waals surface area contributed by atoms with Crippen LogP contribution in [0.25, 0.3) is 22.0 Å². The molecule has 0 atom stereocenters. The van der Waals surface area contributed by atoms with Gasteiger partial charge in [-0.3, -0.25) is 0 Å². The van der Waals surface area contributed by atoms with E-state index in [4.69, 9.17) is 1.37 Å². The number of rotatable bonds is 2. The minimum Gasteiger partial charge on any atom is -0.206 e. The second kappa shape index (κ2) is 6.31. The highest BCUT2D eigenvalue weighted by Crippen LogP contribution is 2.32. The lowest BCUT2D eigenvalue weighted by Crippen LogP contribution is -2.38. The van der Waals surface area contributed by atoms with Crippen LogP contribution in [0.1, 0.15) is 23.8 Å². The Labute approximate surface area is 158 Å². The molecule has 0 unspecified atom stereocenters. The molecule has 0 aliphatic rings. The lowest BCUT2D eigenvalue weighted by atomic mass is 9.93. The van der Waals surface area contributed by atoms with Crippen LogP contribution in [-0.2, 0) is 7.05 Å². The van der Waals surface area contributed by atoms with E-state index in [0.29, 0.717) is 17.2 Å². The van der Waals surface area contributed by atoms with Gasteiger partial charge in [0.25, 0.3) is 0 Å². The molecular weight excluding hydrogens is 337 g/mol. The normalized spacial score (nSPS) is 12.6. The number of aromatic nitrogens is 1. The van der Waals surface area contributed by atoms with Gasteiger partial charge in [0.1, 0.15) is 12.9 Å². The van der Waals surface area contributed by atoms with E-state index in [1.807, 2.05) is 40.8 Å². The molecule has 26 heavy (non-hydrogen) atoms. The van der Waals surface area contributed by atoms with Gasteiger partial charge in [-0.25, -0.2) is 4.39 Å². The molecule has 0 bridgehead atoms. The van der Waals surface area contributed by atoms with E-state index >= 15 is 0 Å². The highest BCUT2D eigenvalue weighted by molar-refractivity contribution is 6.88. The maximum absolute atomic E-state index is 14.4. The number of hydrogen-bond donors (Lipinski definition) is 0. The molecule has 1 aromatic heterocycles. The molecule has 0 saturated carbocycles.